The highest BCUT2D eigenvalue weighted by atomic mass is 35.5. The van der Waals surface area contributed by atoms with E-state index in [4.69, 9.17) is 23.2 Å². The number of aliphatic carboxylic acids is 1. The molecule has 1 aliphatic heterocycles. The van der Waals surface area contributed by atoms with Crippen LogP contribution in [0.3, 0.4) is 0 Å². The summed E-state index contributed by atoms with van der Waals surface area (Å²) >= 11 is 11.7. The molecule has 1 unspecified atom stereocenters. The summed E-state index contributed by atoms with van der Waals surface area (Å²) in [4.78, 5) is 25.1. The summed E-state index contributed by atoms with van der Waals surface area (Å²) < 4.78 is 0. The van der Waals surface area contributed by atoms with Crippen molar-refractivity contribution >= 4 is 35.1 Å². The van der Waals surface area contributed by atoms with E-state index < -0.39 is 11.5 Å². The third kappa shape index (κ3) is 2.55. The Morgan fingerprint density at radius 3 is 2.37 bits per heavy atom. The molecule has 1 aromatic rings. The van der Waals surface area contributed by atoms with E-state index in [0.29, 0.717) is 35.0 Å². The highest BCUT2D eigenvalue weighted by Gasteiger charge is 2.46. The zero-order valence-corrected chi connectivity index (χ0v) is 11.8. The molecule has 1 heterocycles. The van der Waals surface area contributed by atoms with Crippen molar-refractivity contribution in [1.29, 1.82) is 0 Å². The third-order valence-corrected chi connectivity index (χ3v) is 3.89. The van der Waals surface area contributed by atoms with Crippen LogP contribution in [0.2, 0.25) is 10.0 Å². The molecule has 1 atom stereocenters. The van der Waals surface area contributed by atoms with E-state index in [2.05, 4.69) is 0 Å². The third-order valence-electron chi connectivity index (χ3n) is 3.46. The van der Waals surface area contributed by atoms with E-state index >= 15 is 0 Å². The lowest BCUT2D eigenvalue weighted by Gasteiger charge is -2.31. The molecule has 1 aliphatic rings. The van der Waals surface area contributed by atoms with Gasteiger partial charge in [-0.15, -0.1) is 0 Å². The molecular weight excluding hydrogens is 289 g/mol. The van der Waals surface area contributed by atoms with Crippen LogP contribution in [0.5, 0.6) is 0 Å². The molecule has 102 valence electrons. The molecule has 0 aromatic heterocycles. The zero-order chi connectivity index (χ0) is 14.2. The van der Waals surface area contributed by atoms with Crippen LogP contribution in [0.1, 0.15) is 30.1 Å². The van der Waals surface area contributed by atoms with Crippen LogP contribution >= 0.6 is 23.2 Å². The molecule has 0 bridgehead atoms. The Bertz CT molecular complexity index is 526. The fourth-order valence-corrected chi connectivity index (χ4v) is 2.87. The molecule has 19 heavy (non-hydrogen) atoms. The van der Waals surface area contributed by atoms with Crippen molar-refractivity contribution in [3.63, 3.8) is 0 Å². The summed E-state index contributed by atoms with van der Waals surface area (Å²) in [5.74, 6) is -1.35. The Balaban J connectivity index is 2.36. The van der Waals surface area contributed by atoms with Crippen LogP contribution in [-0.4, -0.2) is 34.0 Å². The molecule has 0 saturated carbocycles. The maximum atomic E-state index is 12.4. The average Bonchev–Trinajstić information content (AvgIpc) is 2.70. The minimum absolute atomic E-state index is 0.312. The topological polar surface area (TPSA) is 57.6 Å². The zero-order valence-electron chi connectivity index (χ0n) is 10.3. The van der Waals surface area contributed by atoms with Crippen molar-refractivity contribution < 1.29 is 14.7 Å². The van der Waals surface area contributed by atoms with Crippen molar-refractivity contribution in [1.82, 2.24) is 4.90 Å². The van der Waals surface area contributed by atoms with Crippen LogP contribution in [0, 0.1) is 0 Å². The van der Waals surface area contributed by atoms with Crippen molar-refractivity contribution in [3.8, 4) is 0 Å². The number of halogens is 2. The normalized spacial score (nSPS) is 22.6. The van der Waals surface area contributed by atoms with Crippen LogP contribution in [0.15, 0.2) is 18.2 Å². The second kappa shape index (κ2) is 5.02. The first-order valence-electron chi connectivity index (χ1n) is 5.86. The smallest absolute Gasteiger partial charge is 0.329 e. The maximum absolute atomic E-state index is 12.4. The molecule has 0 spiro atoms. The van der Waals surface area contributed by atoms with Gasteiger partial charge in [0.15, 0.2) is 0 Å². The number of carboxylic acids is 1. The summed E-state index contributed by atoms with van der Waals surface area (Å²) in [7, 11) is 0. The number of carbonyl (C=O) groups is 2. The molecule has 1 saturated heterocycles. The molecule has 2 rings (SSSR count). The standard InChI is InChI=1S/C13H13Cl2NO3/c1-13(12(18)19)3-2-4-16(13)11(17)8-5-9(14)7-10(15)6-8/h5-7H,2-4H2,1H3,(H,18,19). The molecule has 6 heteroatoms. The number of rotatable bonds is 2. The summed E-state index contributed by atoms with van der Waals surface area (Å²) in [5, 5.41) is 10.0. The molecule has 0 aliphatic carbocycles. The first-order valence-corrected chi connectivity index (χ1v) is 6.61. The first kappa shape index (κ1) is 14.2. The van der Waals surface area contributed by atoms with E-state index in [1.165, 1.54) is 23.1 Å². The lowest BCUT2D eigenvalue weighted by molar-refractivity contribution is -0.147. The highest BCUT2D eigenvalue weighted by Crippen LogP contribution is 2.31. The predicted octanol–water partition coefficient (Wildman–Crippen LogP) is 3.07. The Morgan fingerprint density at radius 2 is 1.84 bits per heavy atom. The largest absolute Gasteiger partial charge is 0.480 e. The summed E-state index contributed by atoms with van der Waals surface area (Å²) in [6.07, 6.45) is 1.12. The highest BCUT2D eigenvalue weighted by molar-refractivity contribution is 6.35. The Kier molecular flexibility index (Phi) is 3.74. The molecule has 0 radical (unpaired) electrons. The minimum Gasteiger partial charge on any atom is -0.480 e. The average molecular weight is 302 g/mol. The van der Waals surface area contributed by atoms with Gasteiger partial charge < -0.3 is 10.0 Å². The fraction of sp³-hybridized carbons (Fsp3) is 0.385. The summed E-state index contributed by atoms with van der Waals surface area (Å²) in [6, 6.07) is 4.52. The molecule has 1 amide bonds. The number of nitrogens with zero attached hydrogens (tertiary/aromatic N) is 1. The molecular formula is C13H13Cl2NO3. The van der Waals surface area contributed by atoms with Crippen LogP contribution in [-0.2, 0) is 4.79 Å². The van der Waals surface area contributed by atoms with E-state index in [-0.39, 0.29) is 5.91 Å². The number of hydrogen-bond donors (Lipinski definition) is 1. The second-order valence-electron chi connectivity index (χ2n) is 4.80. The van der Waals surface area contributed by atoms with E-state index in [9.17, 15) is 14.7 Å². The Hall–Kier alpha value is -1.26. The van der Waals surface area contributed by atoms with Gasteiger partial charge in [-0.1, -0.05) is 23.2 Å². The predicted molar refractivity (Wildman–Crippen MR) is 72.8 cm³/mol. The summed E-state index contributed by atoms with van der Waals surface area (Å²) in [5.41, 5.74) is -0.849. The van der Waals surface area contributed by atoms with E-state index in [1.54, 1.807) is 6.92 Å². The quantitative estimate of drug-likeness (QED) is 0.913. The van der Waals surface area contributed by atoms with Gasteiger partial charge in [-0.25, -0.2) is 4.79 Å². The van der Waals surface area contributed by atoms with Crippen LogP contribution in [0.25, 0.3) is 0 Å². The minimum atomic E-state index is -1.16. The Labute approximate surface area is 120 Å². The number of carboxylic acid groups (broad SMARTS) is 1. The lowest BCUT2D eigenvalue weighted by Crippen LogP contribution is -2.50. The monoisotopic (exact) mass is 301 g/mol. The van der Waals surface area contributed by atoms with Crippen molar-refractivity contribution in [2.45, 2.75) is 25.3 Å². The number of likely N-dealkylation sites (tertiary alicyclic amines) is 1. The van der Waals surface area contributed by atoms with E-state index in [0.717, 1.165) is 0 Å². The van der Waals surface area contributed by atoms with E-state index in [1.807, 2.05) is 0 Å². The van der Waals surface area contributed by atoms with Crippen molar-refractivity contribution in [2.24, 2.45) is 0 Å². The van der Waals surface area contributed by atoms with Gasteiger partial charge in [0.25, 0.3) is 5.91 Å². The van der Waals surface area contributed by atoms with Crippen LogP contribution in [0.4, 0.5) is 0 Å². The summed E-state index contributed by atoms with van der Waals surface area (Å²) in [6.45, 7) is 1.98. The van der Waals surface area contributed by atoms with Crippen molar-refractivity contribution in [2.75, 3.05) is 6.54 Å². The van der Waals surface area contributed by atoms with Crippen LogP contribution < -0.4 is 0 Å². The Morgan fingerprint density at radius 1 is 1.26 bits per heavy atom. The molecule has 4 nitrogen and oxygen atoms in total. The van der Waals surface area contributed by atoms with Gasteiger partial charge in [-0.05, 0) is 38.0 Å². The fourth-order valence-electron chi connectivity index (χ4n) is 2.34. The van der Waals surface area contributed by atoms with Gasteiger partial charge in [0.05, 0.1) is 0 Å². The number of hydrogen-bond acceptors (Lipinski definition) is 2. The molecule has 1 fully saturated rings. The SMILES string of the molecule is CC1(C(=O)O)CCCN1C(=O)c1cc(Cl)cc(Cl)c1. The molecule has 1 aromatic carbocycles. The van der Waals surface area contributed by atoms with Gasteiger partial charge in [0.2, 0.25) is 0 Å². The van der Waals surface area contributed by atoms with Gasteiger partial charge in [-0.3, -0.25) is 4.79 Å². The molecule has 1 N–H and O–H groups in total. The van der Waals surface area contributed by atoms with Gasteiger partial charge in [0, 0.05) is 22.2 Å². The number of carbonyl (C=O) groups excluding carboxylic acids is 1. The maximum Gasteiger partial charge on any atom is 0.329 e. The first-order chi connectivity index (χ1) is 8.84. The van der Waals surface area contributed by atoms with Gasteiger partial charge >= 0.3 is 5.97 Å². The van der Waals surface area contributed by atoms with Crippen molar-refractivity contribution in [3.05, 3.63) is 33.8 Å². The second-order valence-corrected chi connectivity index (χ2v) is 5.67. The van der Waals surface area contributed by atoms with Gasteiger partial charge in [0.1, 0.15) is 5.54 Å². The van der Waals surface area contributed by atoms with Gasteiger partial charge in [-0.2, -0.15) is 0 Å². The number of benzene rings is 1. The lowest BCUT2D eigenvalue weighted by atomic mass is 9.98. The number of amides is 1.